The summed E-state index contributed by atoms with van der Waals surface area (Å²) in [6.07, 6.45) is 3.99. The van der Waals surface area contributed by atoms with E-state index in [1.165, 1.54) is 0 Å². The van der Waals surface area contributed by atoms with Gasteiger partial charge in [-0.2, -0.15) is 9.97 Å². The maximum Gasteiger partial charge on any atom is 0.259 e. The van der Waals surface area contributed by atoms with E-state index >= 15 is 0 Å². The first-order valence-corrected chi connectivity index (χ1v) is 7.68. The van der Waals surface area contributed by atoms with Gasteiger partial charge in [0.05, 0.1) is 31.0 Å². The summed E-state index contributed by atoms with van der Waals surface area (Å²) < 4.78 is 15.8. The Hall–Kier alpha value is -2.96. The smallest absolute Gasteiger partial charge is 0.259 e. The van der Waals surface area contributed by atoms with Crippen LogP contribution in [-0.4, -0.2) is 34.3 Å². The number of aromatic nitrogens is 4. The van der Waals surface area contributed by atoms with Crippen LogP contribution in [0.3, 0.4) is 0 Å². The molecule has 7 nitrogen and oxygen atoms in total. The van der Waals surface area contributed by atoms with Crippen molar-refractivity contribution in [3.8, 4) is 34.5 Å². The zero-order chi connectivity index (χ0) is 16.5. The normalized spacial score (nSPS) is 13.8. The molecule has 0 aliphatic heterocycles. The van der Waals surface area contributed by atoms with Crippen LogP contribution in [0.1, 0.15) is 24.6 Å². The lowest BCUT2D eigenvalue weighted by molar-refractivity contribution is 0.366. The van der Waals surface area contributed by atoms with Crippen molar-refractivity contribution < 1.29 is 14.0 Å². The highest BCUT2D eigenvalue weighted by Crippen LogP contribution is 2.39. The summed E-state index contributed by atoms with van der Waals surface area (Å²) in [6.45, 7) is 0. The van der Waals surface area contributed by atoms with Crippen molar-refractivity contribution >= 4 is 0 Å². The van der Waals surface area contributed by atoms with E-state index < -0.39 is 0 Å². The van der Waals surface area contributed by atoms with Gasteiger partial charge >= 0.3 is 0 Å². The molecule has 3 heterocycles. The summed E-state index contributed by atoms with van der Waals surface area (Å²) in [4.78, 5) is 13.2. The minimum absolute atomic E-state index is 0.461. The zero-order valence-electron chi connectivity index (χ0n) is 13.4. The molecule has 1 fully saturated rings. The van der Waals surface area contributed by atoms with Crippen LogP contribution in [0.4, 0.5) is 0 Å². The lowest BCUT2D eigenvalue weighted by Crippen LogP contribution is -1.96. The minimum atomic E-state index is 0.461. The Morgan fingerprint density at radius 1 is 1.04 bits per heavy atom. The summed E-state index contributed by atoms with van der Waals surface area (Å²) >= 11 is 0. The van der Waals surface area contributed by atoms with Crippen molar-refractivity contribution in [3.63, 3.8) is 0 Å². The third-order valence-electron chi connectivity index (χ3n) is 3.91. The highest BCUT2D eigenvalue weighted by Gasteiger charge is 2.29. The second-order valence-electron chi connectivity index (χ2n) is 5.57. The Bertz CT molecular complexity index is 857. The topological polar surface area (TPSA) is 83.2 Å². The van der Waals surface area contributed by atoms with E-state index in [0.29, 0.717) is 23.6 Å². The van der Waals surface area contributed by atoms with Crippen molar-refractivity contribution in [1.82, 2.24) is 20.1 Å². The van der Waals surface area contributed by atoms with Crippen molar-refractivity contribution in [2.75, 3.05) is 14.2 Å². The van der Waals surface area contributed by atoms with E-state index in [-0.39, 0.29) is 0 Å². The summed E-state index contributed by atoms with van der Waals surface area (Å²) in [5, 5.41) is 4.02. The van der Waals surface area contributed by atoms with E-state index in [2.05, 4.69) is 20.1 Å². The van der Waals surface area contributed by atoms with Gasteiger partial charge in [0.15, 0.2) is 5.82 Å². The molecule has 7 heteroatoms. The third-order valence-corrected chi connectivity index (χ3v) is 3.91. The van der Waals surface area contributed by atoms with E-state index in [9.17, 15) is 0 Å². The lowest BCUT2D eigenvalue weighted by Gasteiger charge is -2.08. The van der Waals surface area contributed by atoms with Crippen LogP contribution in [0.25, 0.3) is 22.7 Å². The number of hydrogen-bond acceptors (Lipinski definition) is 7. The Morgan fingerprint density at radius 3 is 2.58 bits per heavy atom. The third kappa shape index (κ3) is 2.68. The van der Waals surface area contributed by atoms with Gasteiger partial charge in [0, 0.05) is 18.2 Å². The fraction of sp³-hybridized carbons (Fsp3) is 0.294. The predicted octanol–water partition coefficient (Wildman–Crippen LogP) is 3.09. The Morgan fingerprint density at radius 2 is 1.92 bits per heavy atom. The molecule has 0 unspecified atom stereocenters. The van der Waals surface area contributed by atoms with Crippen molar-refractivity contribution in [1.29, 1.82) is 0 Å². The van der Waals surface area contributed by atoms with Crippen LogP contribution in [0.5, 0.6) is 11.8 Å². The van der Waals surface area contributed by atoms with Gasteiger partial charge in [-0.15, -0.1) is 0 Å². The first kappa shape index (κ1) is 14.6. The van der Waals surface area contributed by atoms with Crippen LogP contribution in [-0.2, 0) is 0 Å². The van der Waals surface area contributed by atoms with Crippen molar-refractivity contribution in [2.24, 2.45) is 0 Å². The van der Waals surface area contributed by atoms with Gasteiger partial charge in [0.25, 0.3) is 5.89 Å². The number of pyridine rings is 2. The highest BCUT2D eigenvalue weighted by molar-refractivity contribution is 5.67. The number of nitrogens with zero attached hydrogens (tertiary/aromatic N) is 4. The molecule has 4 rings (SSSR count). The molecule has 0 radical (unpaired) electrons. The van der Waals surface area contributed by atoms with Gasteiger partial charge in [-0.25, -0.2) is 0 Å². The van der Waals surface area contributed by atoms with E-state index in [1.807, 2.05) is 18.2 Å². The number of ether oxygens (including phenoxy) is 2. The quantitative estimate of drug-likeness (QED) is 0.713. The molecule has 122 valence electrons. The minimum Gasteiger partial charge on any atom is -0.481 e. The molecule has 24 heavy (non-hydrogen) atoms. The maximum absolute atomic E-state index is 5.32. The molecule has 3 aromatic rings. The summed E-state index contributed by atoms with van der Waals surface area (Å²) in [7, 11) is 3.13. The molecule has 0 aromatic carbocycles. The monoisotopic (exact) mass is 324 g/mol. The first-order chi connectivity index (χ1) is 11.8. The molecule has 1 aliphatic carbocycles. The fourth-order valence-electron chi connectivity index (χ4n) is 2.43. The Kier molecular flexibility index (Phi) is 3.60. The van der Waals surface area contributed by atoms with Crippen molar-refractivity contribution in [3.05, 3.63) is 36.3 Å². The Balaban J connectivity index is 1.63. The largest absolute Gasteiger partial charge is 0.481 e. The highest BCUT2D eigenvalue weighted by atomic mass is 16.5. The van der Waals surface area contributed by atoms with Crippen LogP contribution in [0, 0.1) is 0 Å². The molecular weight excluding hydrogens is 308 g/mol. The average Bonchev–Trinajstić information content (AvgIpc) is 3.38. The van der Waals surface area contributed by atoms with E-state index in [0.717, 1.165) is 35.5 Å². The first-order valence-electron chi connectivity index (χ1n) is 7.68. The summed E-state index contributed by atoms with van der Waals surface area (Å²) in [6, 6.07) is 7.41. The number of methoxy groups -OCH3 is 2. The van der Waals surface area contributed by atoms with Gasteiger partial charge in [0.1, 0.15) is 0 Å². The standard InChI is InChI=1S/C17H16N4O3/c1-22-14-8-6-12(17(19-14)23-2)13-7-5-11(9-18-13)16-20-15(21-24-16)10-3-4-10/h5-10H,3-4H2,1-2H3. The second kappa shape index (κ2) is 5.92. The van der Waals surface area contributed by atoms with Gasteiger partial charge in [-0.05, 0) is 31.0 Å². The van der Waals surface area contributed by atoms with Crippen LogP contribution >= 0.6 is 0 Å². The molecule has 0 spiro atoms. The van der Waals surface area contributed by atoms with Gasteiger partial charge in [0.2, 0.25) is 11.8 Å². The SMILES string of the molecule is COc1ccc(-c2ccc(-c3nc(C4CC4)no3)cn2)c(OC)n1. The molecule has 3 aromatic heterocycles. The Labute approximate surface area is 138 Å². The predicted molar refractivity (Wildman–Crippen MR) is 85.8 cm³/mol. The van der Waals surface area contributed by atoms with E-state index in [4.69, 9.17) is 14.0 Å². The number of hydrogen-bond donors (Lipinski definition) is 0. The fourth-order valence-corrected chi connectivity index (χ4v) is 2.43. The van der Waals surface area contributed by atoms with Crippen LogP contribution < -0.4 is 9.47 Å². The van der Waals surface area contributed by atoms with Gasteiger partial charge in [-0.1, -0.05) is 5.16 Å². The van der Waals surface area contributed by atoms with Crippen LogP contribution in [0.15, 0.2) is 35.0 Å². The molecule has 1 saturated carbocycles. The number of rotatable bonds is 5. The second-order valence-corrected chi connectivity index (χ2v) is 5.57. The molecule has 0 N–H and O–H groups in total. The average molecular weight is 324 g/mol. The maximum atomic E-state index is 5.32. The molecule has 0 bridgehead atoms. The molecule has 1 aliphatic rings. The van der Waals surface area contributed by atoms with Crippen molar-refractivity contribution in [2.45, 2.75) is 18.8 Å². The molecule has 0 atom stereocenters. The van der Waals surface area contributed by atoms with Gasteiger partial charge < -0.3 is 14.0 Å². The molecular formula is C17H16N4O3. The van der Waals surface area contributed by atoms with E-state index in [1.54, 1.807) is 26.5 Å². The van der Waals surface area contributed by atoms with Gasteiger partial charge in [-0.3, -0.25) is 4.98 Å². The summed E-state index contributed by atoms with van der Waals surface area (Å²) in [5.41, 5.74) is 2.32. The zero-order valence-corrected chi connectivity index (χ0v) is 13.4. The molecule has 0 saturated heterocycles. The lowest BCUT2D eigenvalue weighted by atomic mass is 10.1. The van der Waals surface area contributed by atoms with Crippen LogP contribution in [0.2, 0.25) is 0 Å². The molecule has 0 amide bonds. The summed E-state index contributed by atoms with van der Waals surface area (Å²) in [5.74, 6) is 2.70.